The molecule has 2 heterocycles. The number of benzene rings is 1. The summed E-state index contributed by atoms with van der Waals surface area (Å²) in [6.07, 6.45) is 0.810. The molecule has 1 aromatic carbocycles. The Labute approximate surface area is 116 Å². The lowest BCUT2D eigenvalue weighted by Crippen LogP contribution is -2.37. The van der Waals surface area contributed by atoms with Gasteiger partial charge in [-0.15, -0.1) is 0 Å². The summed E-state index contributed by atoms with van der Waals surface area (Å²) in [5, 5.41) is 4.01. The predicted molar refractivity (Wildman–Crippen MR) is 72.4 cm³/mol. The molecule has 1 fully saturated rings. The smallest absolute Gasteiger partial charge is 0.233 e. The lowest BCUT2D eigenvalue weighted by molar-refractivity contribution is 0.0590. The van der Waals surface area contributed by atoms with Crippen LogP contribution in [0.2, 0.25) is 0 Å². The van der Waals surface area contributed by atoms with E-state index in [0.29, 0.717) is 24.9 Å². The van der Waals surface area contributed by atoms with Gasteiger partial charge in [-0.05, 0) is 30.7 Å². The summed E-state index contributed by atoms with van der Waals surface area (Å²) in [7, 11) is 1.63. The van der Waals surface area contributed by atoms with Gasteiger partial charge in [-0.3, -0.25) is 0 Å². The van der Waals surface area contributed by atoms with Gasteiger partial charge in [-0.25, -0.2) is 0 Å². The van der Waals surface area contributed by atoms with E-state index in [2.05, 4.69) is 10.1 Å². The summed E-state index contributed by atoms with van der Waals surface area (Å²) >= 11 is 0. The topological polar surface area (TPSA) is 83.4 Å². The molecule has 0 aliphatic carbocycles. The van der Waals surface area contributed by atoms with Crippen LogP contribution >= 0.6 is 0 Å². The van der Waals surface area contributed by atoms with Crippen LogP contribution < -0.4 is 10.5 Å². The fourth-order valence-corrected chi connectivity index (χ4v) is 2.25. The molecule has 0 amide bonds. The van der Waals surface area contributed by atoms with Crippen LogP contribution in [-0.2, 0) is 4.74 Å². The molecule has 2 unspecified atom stereocenters. The minimum absolute atomic E-state index is 0.00733. The second-order valence-corrected chi connectivity index (χ2v) is 4.82. The summed E-state index contributed by atoms with van der Waals surface area (Å²) in [5.41, 5.74) is 6.95. The summed E-state index contributed by atoms with van der Waals surface area (Å²) < 4.78 is 15.9. The van der Waals surface area contributed by atoms with Gasteiger partial charge >= 0.3 is 0 Å². The summed E-state index contributed by atoms with van der Waals surface area (Å²) in [4.78, 5) is 4.43. The van der Waals surface area contributed by atoms with Crippen LogP contribution in [0.4, 0.5) is 0 Å². The van der Waals surface area contributed by atoms with Crippen LogP contribution in [0.5, 0.6) is 5.75 Å². The first kappa shape index (κ1) is 13.1. The lowest BCUT2D eigenvalue weighted by Gasteiger charge is -2.25. The maximum absolute atomic E-state index is 6.07. The largest absolute Gasteiger partial charge is 0.497 e. The molecular formula is C14H17N3O3. The fraction of sp³-hybridized carbons (Fsp3) is 0.429. The maximum atomic E-state index is 6.07. The van der Waals surface area contributed by atoms with Crippen LogP contribution in [0.15, 0.2) is 28.8 Å². The zero-order valence-electron chi connectivity index (χ0n) is 11.3. The van der Waals surface area contributed by atoms with Crippen molar-refractivity contribution < 1.29 is 14.0 Å². The quantitative estimate of drug-likeness (QED) is 0.915. The maximum Gasteiger partial charge on any atom is 0.233 e. The van der Waals surface area contributed by atoms with Gasteiger partial charge in [0, 0.05) is 18.2 Å². The standard InChI is InChI=1S/C14H17N3O3/c1-18-10-4-2-9(3-5-10)13-16-14(20-17-13)11-8-19-7-6-12(11)15/h2-5,11-12H,6-8,15H2,1H3. The van der Waals surface area contributed by atoms with Crippen LogP contribution in [0.25, 0.3) is 11.4 Å². The minimum atomic E-state index is -0.0248. The van der Waals surface area contributed by atoms with Crippen molar-refractivity contribution in [2.75, 3.05) is 20.3 Å². The first-order valence-electron chi connectivity index (χ1n) is 6.59. The lowest BCUT2D eigenvalue weighted by atomic mass is 9.97. The molecule has 106 valence electrons. The van der Waals surface area contributed by atoms with Crippen molar-refractivity contribution in [2.24, 2.45) is 5.73 Å². The predicted octanol–water partition coefficient (Wildman–Crippen LogP) is 1.58. The molecular weight excluding hydrogens is 258 g/mol. The highest BCUT2D eigenvalue weighted by Crippen LogP contribution is 2.26. The molecule has 20 heavy (non-hydrogen) atoms. The van der Waals surface area contributed by atoms with Gasteiger partial charge in [0.15, 0.2) is 0 Å². The Hall–Kier alpha value is -1.92. The van der Waals surface area contributed by atoms with Crippen LogP contribution in [0.1, 0.15) is 18.2 Å². The van der Waals surface area contributed by atoms with Crippen LogP contribution in [-0.4, -0.2) is 36.5 Å². The van der Waals surface area contributed by atoms with Gasteiger partial charge in [0.2, 0.25) is 11.7 Å². The molecule has 1 aromatic heterocycles. The van der Waals surface area contributed by atoms with Gasteiger partial charge in [-0.2, -0.15) is 4.98 Å². The summed E-state index contributed by atoms with van der Waals surface area (Å²) in [5.74, 6) is 1.87. The van der Waals surface area contributed by atoms with E-state index in [1.165, 1.54) is 0 Å². The van der Waals surface area contributed by atoms with Gasteiger partial charge in [0.25, 0.3) is 0 Å². The molecule has 0 bridgehead atoms. The summed E-state index contributed by atoms with van der Waals surface area (Å²) in [6.45, 7) is 1.22. The normalized spacial score (nSPS) is 22.7. The number of ether oxygens (including phenoxy) is 2. The molecule has 0 radical (unpaired) electrons. The molecule has 1 aliphatic rings. The Morgan fingerprint density at radius 1 is 1.30 bits per heavy atom. The Morgan fingerprint density at radius 3 is 2.80 bits per heavy atom. The van der Waals surface area contributed by atoms with E-state index in [1.54, 1.807) is 7.11 Å². The van der Waals surface area contributed by atoms with E-state index in [4.69, 9.17) is 19.7 Å². The molecule has 3 rings (SSSR count). The van der Waals surface area contributed by atoms with Crippen molar-refractivity contribution in [1.82, 2.24) is 10.1 Å². The first-order chi connectivity index (χ1) is 9.78. The van der Waals surface area contributed by atoms with Gasteiger partial charge in [-0.1, -0.05) is 5.16 Å². The number of hydrogen-bond acceptors (Lipinski definition) is 6. The Kier molecular flexibility index (Phi) is 3.66. The number of nitrogens with zero attached hydrogens (tertiary/aromatic N) is 2. The number of hydrogen-bond donors (Lipinski definition) is 1. The molecule has 0 saturated carbocycles. The van der Waals surface area contributed by atoms with Crippen molar-refractivity contribution in [3.8, 4) is 17.1 Å². The van der Waals surface area contributed by atoms with Crippen LogP contribution in [0.3, 0.4) is 0 Å². The van der Waals surface area contributed by atoms with E-state index >= 15 is 0 Å². The van der Waals surface area contributed by atoms with Crippen molar-refractivity contribution in [3.05, 3.63) is 30.2 Å². The Morgan fingerprint density at radius 2 is 2.10 bits per heavy atom. The third-order valence-electron chi connectivity index (χ3n) is 3.52. The average molecular weight is 275 g/mol. The first-order valence-corrected chi connectivity index (χ1v) is 6.59. The number of nitrogens with two attached hydrogens (primary N) is 1. The highest BCUT2D eigenvalue weighted by molar-refractivity contribution is 5.55. The monoisotopic (exact) mass is 275 g/mol. The average Bonchev–Trinajstić information content (AvgIpc) is 2.97. The molecule has 1 saturated heterocycles. The SMILES string of the molecule is COc1ccc(-c2noc(C3COCCC3N)n2)cc1. The fourth-order valence-electron chi connectivity index (χ4n) is 2.25. The highest BCUT2D eigenvalue weighted by Gasteiger charge is 2.29. The van der Waals surface area contributed by atoms with Crippen molar-refractivity contribution in [2.45, 2.75) is 18.4 Å². The zero-order valence-corrected chi connectivity index (χ0v) is 11.3. The molecule has 6 nitrogen and oxygen atoms in total. The van der Waals surface area contributed by atoms with E-state index in [9.17, 15) is 0 Å². The third-order valence-corrected chi connectivity index (χ3v) is 3.52. The molecule has 0 spiro atoms. The highest BCUT2D eigenvalue weighted by atomic mass is 16.5. The van der Waals surface area contributed by atoms with Crippen molar-refractivity contribution >= 4 is 0 Å². The van der Waals surface area contributed by atoms with Gasteiger partial charge in [0.05, 0.1) is 19.6 Å². The molecule has 6 heteroatoms. The minimum Gasteiger partial charge on any atom is -0.497 e. The Bertz CT molecular complexity index is 567. The number of rotatable bonds is 3. The number of aromatic nitrogens is 2. The zero-order chi connectivity index (χ0) is 13.9. The van der Waals surface area contributed by atoms with Crippen LogP contribution in [0, 0.1) is 0 Å². The Balaban J connectivity index is 1.81. The molecule has 2 N–H and O–H groups in total. The van der Waals surface area contributed by atoms with Crippen molar-refractivity contribution in [3.63, 3.8) is 0 Å². The number of methoxy groups -OCH3 is 1. The van der Waals surface area contributed by atoms with E-state index < -0.39 is 0 Å². The second kappa shape index (κ2) is 5.60. The van der Waals surface area contributed by atoms with E-state index in [1.807, 2.05) is 24.3 Å². The molecule has 2 atom stereocenters. The van der Waals surface area contributed by atoms with Gasteiger partial charge < -0.3 is 19.7 Å². The van der Waals surface area contributed by atoms with Gasteiger partial charge in [0.1, 0.15) is 5.75 Å². The molecule has 1 aliphatic heterocycles. The van der Waals surface area contributed by atoms with Crippen molar-refractivity contribution in [1.29, 1.82) is 0 Å². The molecule has 2 aromatic rings. The summed E-state index contributed by atoms with van der Waals surface area (Å²) in [6, 6.07) is 7.52. The van der Waals surface area contributed by atoms with E-state index in [-0.39, 0.29) is 12.0 Å². The second-order valence-electron chi connectivity index (χ2n) is 4.82. The third kappa shape index (κ3) is 2.52. The van der Waals surface area contributed by atoms with E-state index in [0.717, 1.165) is 17.7 Å².